The molecule has 0 aromatic heterocycles. The van der Waals surface area contributed by atoms with Gasteiger partial charge >= 0.3 is 0 Å². The average molecular weight is 428 g/mol. The minimum absolute atomic E-state index is 0. The molecule has 2 aromatic rings. The molecule has 152 valence electrons. The third kappa shape index (κ3) is 5.43. The van der Waals surface area contributed by atoms with Gasteiger partial charge in [0.1, 0.15) is 5.82 Å². The van der Waals surface area contributed by atoms with Crippen LogP contribution in [0.1, 0.15) is 23.7 Å². The van der Waals surface area contributed by atoms with Gasteiger partial charge in [-0.3, -0.25) is 9.52 Å². The topological polar surface area (TPSA) is 87.3 Å². The molecule has 1 heterocycles. The molecule has 0 bridgehead atoms. The lowest BCUT2D eigenvalue weighted by Crippen LogP contribution is -2.50. The Hall–Kier alpha value is -2.16. The molecule has 6 nitrogen and oxygen atoms in total. The number of sulfonamides is 1. The van der Waals surface area contributed by atoms with E-state index in [1.165, 1.54) is 24.3 Å². The number of anilines is 1. The van der Waals surface area contributed by atoms with Crippen LogP contribution in [0.4, 0.5) is 10.1 Å². The summed E-state index contributed by atoms with van der Waals surface area (Å²) in [6.07, 6.45) is 1.01. The highest BCUT2D eigenvalue weighted by atomic mass is 35.5. The lowest BCUT2D eigenvalue weighted by atomic mass is 9.94. The summed E-state index contributed by atoms with van der Waals surface area (Å²) in [6, 6.07) is 10.8. The number of hydrogen-bond acceptors (Lipinski definition) is 4. The Morgan fingerprint density at radius 2 is 1.75 bits per heavy atom. The first-order valence-corrected chi connectivity index (χ1v) is 10.2. The van der Waals surface area contributed by atoms with E-state index < -0.39 is 15.8 Å². The molecule has 9 heteroatoms. The van der Waals surface area contributed by atoms with Crippen LogP contribution in [0.25, 0.3) is 0 Å². The quantitative estimate of drug-likeness (QED) is 0.684. The van der Waals surface area contributed by atoms with Crippen molar-refractivity contribution in [2.75, 3.05) is 17.8 Å². The van der Waals surface area contributed by atoms with Crippen LogP contribution in [0.5, 0.6) is 0 Å². The van der Waals surface area contributed by atoms with Crippen molar-refractivity contribution in [1.82, 2.24) is 10.6 Å². The molecule has 1 amide bonds. The van der Waals surface area contributed by atoms with E-state index in [-0.39, 0.29) is 29.3 Å². The fourth-order valence-electron chi connectivity index (χ4n) is 2.95. The molecule has 0 saturated carbocycles. The highest BCUT2D eigenvalue weighted by molar-refractivity contribution is 7.92. The Morgan fingerprint density at radius 3 is 2.36 bits per heavy atom. The van der Waals surface area contributed by atoms with Gasteiger partial charge in [0, 0.05) is 23.8 Å². The van der Waals surface area contributed by atoms with Gasteiger partial charge in [-0.05, 0) is 67.4 Å². The van der Waals surface area contributed by atoms with Gasteiger partial charge in [-0.15, -0.1) is 12.4 Å². The van der Waals surface area contributed by atoms with E-state index in [1.807, 2.05) is 0 Å². The first-order chi connectivity index (χ1) is 12.8. The Labute approximate surface area is 170 Å². The highest BCUT2D eigenvalue weighted by Crippen LogP contribution is 2.18. The van der Waals surface area contributed by atoms with Crippen molar-refractivity contribution in [1.29, 1.82) is 0 Å². The zero-order chi connectivity index (χ0) is 19.4. The van der Waals surface area contributed by atoms with Crippen molar-refractivity contribution < 1.29 is 17.6 Å². The Kier molecular flexibility index (Phi) is 7.40. The minimum atomic E-state index is -3.82. The fourth-order valence-corrected chi connectivity index (χ4v) is 4.01. The molecule has 1 saturated heterocycles. The maximum atomic E-state index is 13.0. The predicted molar refractivity (Wildman–Crippen MR) is 109 cm³/mol. The highest BCUT2D eigenvalue weighted by Gasteiger charge is 2.23. The SMILES string of the molecule is CC1CCNCC1NC(=O)c1ccc(NS(=O)(=O)c2ccc(F)cc2)cc1.Cl. The summed E-state index contributed by atoms with van der Waals surface area (Å²) in [5.74, 6) is -0.299. The van der Waals surface area contributed by atoms with Crippen LogP contribution in [-0.2, 0) is 10.0 Å². The number of carbonyl (C=O) groups excluding carboxylic acids is 1. The van der Waals surface area contributed by atoms with Crippen LogP contribution in [0, 0.1) is 11.7 Å². The molecular formula is C19H23ClFN3O3S. The molecule has 2 unspecified atom stereocenters. The van der Waals surface area contributed by atoms with E-state index in [2.05, 4.69) is 22.3 Å². The number of rotatable bonds is 5. The summed E-state index contributed by atoms with van der Waals surface area (Å²) in [4.78, 5) is 12.4. The van der Waals surface area contributed by atoms with Crippen LogP contribution >= 0.6 is 12.4 Å². The maximum Gasteiger partial charge on any atom is 0.261 e. The summed E-state index contributed by atoms with van der Waals surface area (Å²) in [7, 11) is -3.82. The molecule has 2 atom stereocenters. The lowest BCUT2D eigenvalue weighted by molar-refractivity contribution is 0.0915. The monoisotopic (exact) mass is 427 g/mol. The minimum Gasteiger partial charge on any atom is -0.348 e. The second-order valence-corrected chi connectivity index (χ2v) is 8.37. The molecule has 0 radical (unpaired) electrons. The summed E-state index contributed by atoms with van der Waals surface area (Å²) >= 11 is 0. The van der Waals surface area contributed by atoms with Gasteiger partial charge in [-0.25, -0.2) is 12.8 Å². The molecular weight excluding hydrogens is 405 g/mol. The number of amides is 1. The lowest BCUT2D eigenvalue weighted by Gasteiger charge is -2.30. The normalized spacial score (nSPS) is 19.4. The smallest absolute Gasteiger partial charge is 0.261 e. The van der Waals surface area contributed by atoms with Crippen LogP contribution < -0.4 is 15.4 Å². The number of piperidine rings is 1. The van der Waals surface area contributed by atoms with Crippen LogP contribution in [0.3, 0.4) is 0 Å². The second-order valence-electron chi connectivity index (χ2n) is 6.69. The predicted octanol–water partition coefficient (Wildman–Crippen LogP) is 2.78. The van der Waals surface area contributed by atoms with Gasteiger partial charge in [0.15, 0.2) is 0 Å². The fraction of sp³-hybridized carbons (Fsp3) is 0.316. The van der Waals surface area contributed by atoms with Gasteiger partial charge in [0.2, 0.25) is 0 Å². The summed E-state index contributed by atoms with van der Waals surface area (Å²) in [5.41, 5.74) is 0.779. The molecule has 1 fully saturated rings. The van der Waals surface area contributed by atoms with Crippen molar-refractivity contribution in [3.05, 3.63) is 59.9 Å². The molecule has 1 aliphatic heterocycles. The van der Waals surface area contributed by atoms with E-state index >= 15 is 0 Å². The van der Waals surface area contributed by atoms with Crippen LogP contribution in [0.2, 0.25) is 0 Å². The summed E-state index contributed by atoms with van der Waals surface area (Å²) in [5, 5.41) is 6.27. The first kappa shape index (κ1) is 22.1. The van der Waals surface area contributed by atoms with E-state index in [0.29, 0.717) is 17.2 Å². The average Bonchev–Trinajstić information content (AvgIpc) is 2.64. The molecule has 3 N–H and O–H groups in total. The number of halogens is 2. The van der Waals surface area contributed by atoms with Crippen molar-refractivity contribution in [2.45, 2.75) is 24.3 Å². The largest absolute Gasteiger partial charge is 0.348 e. The van der Waals surface area contributed by atoms with E-state index in [4.69, 9.17) is 0 Å². The number of benzene rings is 2. The van der Waals surface area contributed by atoms with E-state index in [0.717, 1.165) is 31.6 Å². The third-order valence-corrected chi connectivity index (χ3v) is 6.06. The number of hydrogen-bond donors (Lipinski definition) is 3. The zero-order valence-corrected chi connectivity index (χ0v) is 16.9. The standard InChI is InChI=1S/C19H22FN3O3S.ClH/c1-13-10-11-21-12-18(13)22-19(24)14-2-6-16(7-3-14)23-27(25,26)17-8-4-15(20)5-9-17;/h2-9,13,18,21,23H,10-12H2,1H3,(H,22,24);1H. The molecule has 2 aromatic carbocycles. The maximum absolute atomic E-state index is 13.0. The van der Waals surface area contributed by atoms with E-state index in [9.17, 15) is 17.6 Å². The third-order valence-electron chi connectivity index (χ3n) is 4.67. The first-order valence-electron chi connectivity index (χ1n) is 8.75. The number of nitrogens with one attached hydrogen (secondary N) is 3. The Bertz CT molecular complexity index is 905. The van der Waals surface area contributed by atoms with Crippen molar-refractivity contribution in [2.24, 2.45) is 5.92 Å². The van der Waals surface area contributed by atoms with Gasteiger partial charge in [0.25, 0.3) is 15.9 Å². The Morgan fingerprint density at radius 1 is 1.11 bits per heavy atom. The summed E-state index contributed by atoms with van der Waals surface area (Å²) < 4.78 is 40.0. The van der Waals surface area contributed by atoms with Gasteiger partial charge in [-0.1, -0.05) is 6.92 Å². The van der Waals surface area contributed by atoms with Crippen molar-refractivity contribution in [3.63, 3.8) is 0 Å². The molecule has 0 aliphatic carbocycles. The molecule has 1 aliphatic rings. The second kappa shape index (κ2) is 9.36. The van der Waals surface area contributed by atoms with Gasteiger partial charge < -0.3 is 10.6 Å². The van der Waals surface area contributed by atoms with Gasteiger partial charge in [0.05, 0.1) is 4.90 Å². The number of carbonyl (C=O) groups is 1. The van der Waals surface area contributed by atoms with Crippen LogP contribution in [-0.4, -0.2) is 33.5 Å². The van der Waals surface area contributed by atoms with Crippen molar-refractivity contribution in [3.8, 4) is 0 Å². The Balaban J connectivity index is 0.00000280. The van der Waals surface area contributed by atoms with Crippen LogP contribution in [0.15, 0.2) is 53.4 Å². The van der Waals surface area contributed by atoms with Gasteiger partial charge in [-0.2, -0.15) is 0 Å². The zero-order valence-electron chi connectivity index (χ0n) is 15.3. The molecule has 0 spiro atoms. The van der Waals surface area contributed by atoms with Crippen molar-refractivity contribution >= 4 is 34.0 Å². The molecule has 3 rings (SSSR count). The summed E-state index contributed by atoms with van der Waals surface area (Å²) in [6.45, 7) is 3.80. The molecule has 28 heavy (non-hydrogen) atoms. The van der Waals surface area contributed by atoms with E-state index in [1.54, 1.807) is 12.1 Å².